The Morgan fingerprint density at radius 3 is 1.80 bits per heavy atom. The maximum Gasteiger partial charge on any atom is 0.586 e. The Morgan fingerprint density at radius 1 is 0.722 bits per heavy atom. The lowest BCUT2D eigenvalue weighted by atomic mass is 10.0. The van der Waals surface area contributed by atoms with Gasteiger partial charge in [0.15, 0.2) is 11.5 Å². The first kappa shape index (κ1) is 37.6. The fraction of sp³-hybridized carbons (Fsp3) is 0.450. The summed E-state index contributed by atoms with van der Waals surface area (Å²) in [5, 5.41) is 3.51. The maximum absolute atomic E-state index is 13.2. The van der Waals surface area contributed by atoms with Crippen LogP contribution < -0.4 is 31.6 Å². The van der Waals surface area contributed by atoms with Crippen LogP contribution in [0.15, 0.2) is 76.6 Å². The second-order valence-corrected chi connectivity index (χ2v) is 14.6. The monoisotopic (exact) mass is 742 g/mol. The molecule has 54 heavy (non-hydrogen) atoms. The van der Waals surface area contributed by atoms with Crippen LogP contribution in [-0.2, 0) is 19.6 Å². The molecule has 8 rings (SSSR count). The molecular formula is C40H48F2N8O4. The number of nitrogens with two attached hydrogens (primary N) is 1. The van der Waals surface area contributed by atoms with E-state index >= 15 is 0 Å². The molecule has 3 aromatic carbocycles. The molecule has 0 aliphatic carbocycles. The topological polar surface area (TPSA) is 133 Å². The van der Waals surface area contributed by atoms with Crippen LogP contribution in [0.1, 0.15) is 42.4 Å². The van der Waals surface area contributed by atoms with Gasteiger partial charge in [-0.05, 0) is 119 Å². The molecule has 3 aliphatic rings. The minimum absolute atomic E-state index is 0.0261. The van der Waals surface area contributed by atoms with Crippen LogP contribution in [-0.4, -0.2) is 86.5 Å². The number of piperidine rings is 2. The van der Waals surface area contributed by atoms with Crippen LogP contribution >= 0.6 is 0 Å². The largest absolute Gasteiger partial charge is 0.586 e. The number of likely N-dealkylation sites (tertiary alicyclic amines) is 2. The zero-order chi connectivity index (χ0) is 37.8. The first-order chi connectivity index (χ1) is 26.0. The molecule has 0 amide bonds. The van der Waals surface area contributed by atoms with Crippen LogP contribution in [0.3, 0.4) is 0 Å². The van der Waals surface area contributed by atoms with Crippen LogP contribution in [0, 0.1) is 13.8 Å². The van der Waals surface area contributed by atoms with E-state index in [0.29, 0.717) is 31.7 Å². The van der Waals surface area contributed by atoms with Gasteiger partial charge < -0.3 is 39.5 Å². The van der Waals surface area contributed by atoms with Crippen LogP contribution in [0.25, 0.3) is 22.1 Å². The number of rotatable bonds is 9. The molecule has 14 heteroatoms. The van der Waals surface area contributed by atoms with E-state index in [1.165, 1.54) is 18.5 Å². The maximum atomic E-state index is 13.2. The first-order valence-electron chi connectivity index (χ1n) is 18.7. The Bertz CT molecular complexity index is 2210. The second kappa shape index (κ2) is 16.3. The standard InChI is InChI=1S/C24H26F2N4O3.C16H22N4O/c1-16-2-4-19-20(12-16)30(23(31)15-28-19)11-10-29-8-6-18(7-9-29)27-14-17-3-5-21-22(13-17)33-24(25,26)32-21;1-12-2-3-14-15(10-12)20(16(21)11-18-14)9-8-19-6-4-13(17)5-7-19/h2-5,12-13,15,18,27H,6-11,14H2,1H3;2-3,10-11,13H,4-9,17H2,1H3. The third-order valence-electron chi connectivity index (χ3n) is 10.6. The van der Waals surface area contributed by atoms with E-state index < -0.39 is 6.29 Å². The fourth-order valence-corrected chi connectivity index (χ4v) is 7.39. The molecule has 5 aromatic rings. The number of nitrogens with one attached hydrogen (secondary N) is 1. The zero-order valence-electron chi connectivity index (χ0n) is 30.8. The van der Waals surface area contributed by atoms with Gasteiger partial charge in [0.1, 0.15) is 0 Å². The molecule has 3 aliphatic heterocycles. The van der Waals surface area contributed by atoms with Crippen LogP contribution in [0.4, 0.5) is 8.78 Å². The Labute approximate surface area is 312 Å². The van der Waals surface area contributed by atoms with Crippen molar-refractivity contribution in [3.63, 3.8) is 0 Å². The zero-order valence-corrected chi connectivity index (χ0v) is 30.8. The van der Waals surface area contributed by atoms with E-state index in [-0.39, 0.29) is 22.6 Å². The SMILES string of the molecule is Cc1ccc2ncc(=O)n(CCN3CCC(N)CC3)c2c1.Cc1ccc2ncc(=O)n(CCN3CCC(NCc4ccc5c(c4)OC(F)(F)O5)CC3)c2c1. The molecule has 5 heterocycles. The van der Waals surface area contributed by atoms with Gasteiger partial charge in [-0.2, -0.15) is 0 Å². The highest BCUT2D eigenvalue weighted by atomic mass is 19.3. The summed E-state index contributed by atoms with van der Waals surface area (Å²) in [6.07, 6.45) is 3.28. The Balaban J connectivity index is 0.000000184. The lowest BCUT2D eigenvalue weighted by molar-refractivity contribution is -0.286. The van der Waals surface area contributed by atoms with E-state index in [4.69, 9.17) is 5.73 Å². The molecule has 286 valence electrons. The Hall–Kier alpha value is -4.76. The molecule has 0 unspecified atom stereocenters. The van der Waals surface area contributed by atoms with Gasteiger partial charge in [-0.1, -0.05) is 18.2 Å². The predicted molar refractivity (Wildman–Crippen MR) is 204 cm³/mol. The molecule has 0 saturated carbocycles. The minimum atomic E-state index is -3.59. The summed E-state index contributed by atoms with van der Waals surface area (Å²) >= 11 is 0. The number of alkyl halides is 2. The Morgan fingerprint density at radius 2 is 1.24 bits per heavy atom. The predicted octanol–water partition coefficient (Wildman–Crippen LogP) is 4.41. The van der Waals surface area contributed by atoms with Crippen molar-refractivity contribution < 1.29 is 18.3 Å². The lowest BCUT2D eigenvalue weighted by Crippen LogP contribution is -2.43. The van der Waals surface area contributed by atoms with E-state index in [9.17, 15) is 18.4 Å². The smallest absolute Gasteiger partial charge is 0.395 e. The summed E-state index contributed by atoms with van der Waals surface area (Å²) in [4.78, 5) is 37.8. The molecule has 0 spiro atoms. The summed E-state index contributed by atoms with van der Waals surface area (Å²) in [5.41, 5.74) is 12.5. The number of nitrogens with zero attached hydrogens (tertiary/aromatic N) is 6. The van der Waals surface area contributed by atoms with Crippen molar-refractivity contribution in [3.8, 4) is 11.5 Å². The first-order valence-corrected chi connectivity index (χ1v) is 18.7. The number of fused-ring (bicyclic) bond motifs is 3. The molecule has 2 aromatic heterocycles. The molecule has 0 radical (unpaired) electrons. The summed E-state index contributed by atoms with van der Waals surface area (Å²) in [5.74, 6) is 0.136. The van der Waals surface area contributed by atoms with E-state index in [1.54, 1.807) is 12.1 Å². The third-order valence-corrected chi connectivity index (χ3v) is 10.6. The average molecular weight is 743 g/mol. The molecular weight excluding hydrogens is 694 g/mol. The molecule has 0 bridgehead atoms. The average Bonchev–Trinajstić information content (AvgIpc) is 3.47. The van der Waals surface area contributed by atoms with E-state index in [0.717, 1.165) is 104 Å². The third kappa shape index (κ3) is 9.12. The minimum Gasteiger partial charge on any atom is -0.395 e. The molecule has 3 N–H and O–H groups in total. The second-order valence-electron chi connectivity index (χ2n) is 14.6. The number of hydrogen-bond donors (Lipinski definition) is 2. The molecule has 2 fully saturated rings. The Kier molecular flexibility index (Phi) is 11.3. The van der Waals surface area contributed by atoms with E-state index in [2.05, 4.69) is 34.6 Å². The van der Waals surface area contributed by atoms with Gasteiger partial charge in [0.2, 0.25) is 0 Å². The number of aromatic nitrogens is 4. The van der Waals surface area contributed by atoms with Gasteiger partial charge in [0.05, 0.1) is 34.5 Å². The van der Waals surface area contributed by atoms with Gasteiger partial charge in [0, 0.05) is 44.8 Å². The summed E-state index contributed by atoms with van der Waals surface area (Å²) in [6, 6.07) is 17.6. The molecule has 12 nitrogen and oxygen atoms in total. The summed E-state index contributed by atoms with van der Waals surface area (Å²) < 4.78 is 39.0. The quantitative estimate of drug-likeness (QED) is 0.224. The van der Waals surface area contributed by atoms with Gasteiger partial charge in [-0.25, -0.2) is 9.97 Å². The highest BCUT2D eigenvalue weighted by Crippen LogP contribution is 2.41. The van der Waals surface area contributed by atoms with Gasteiger partial charge in [-0.15, -0.1) is 8.78 Å². The van der Waals surface area contributed by atoms with Gasteiger partial charge in [0.25, 0.3) is 11.1 Å². The van der Waals surface area contributed by atoms with Crippen molar-refractivity contribution in [2.75, 3.05) is 39.3 Å². The van der Waals surface area contributed by atoms with Crippen LogP contribution in [0.5, 0.6) is 11.5 Å². The van der Waals surface area contributed by atoms with Crippen molar-refractivity contribution in [1.82, 2.24) is 34.2 Å². The molecule has 0 atom stereocenters. The van der Waals surface area contributed by atoms with Crippen molar-refractivity contribution in [2.24, 2.45) is 5.73 Å². The number of benzene rings is 3. The highest BCUT2D eigenvalue weighted by molar-refractivity contribution is 5.76. The van der Waals surface area contributed by atoms with Crippen molar-refractivity contribution in [3.05, 3.63) is 104 Å². The van der Waals surface area contributed by atoms with Gasteiger partial charge >= 0.3 is 6.29 Å². The number of hydrogen-bond acceptors (Lipinski definition) is 10. The normalized spacial score (nSPS) is 17.9. The van der Waals surface area contributed by atoms with Gasteiger partial charge in [-0.3, -0.25) is 9.59 Å². The number of ether oxygens (including phenoxy) is 2. The number of aryl methyl sites for hydroxylation is 2. The summed E-state index contributed by atoms with van der Waals surface area (Å²) in [7, 11) is 0. The molecule has 2 saturated heterocycles. The number of halogens is 2. The highest BCUT2D eigenvalue weighted by Gasteiger charge is 2.43. The van der Waals surface area contributed by atoms with Crippen molar-refractivity contribution in [2.45, 2.75) is 77.5 Å². The van der Waals surface area contributed by atoms with Crippen molar-refractivity contribution in [1.29, 1.82) is 0 Å². The summed E-state index contributed by atoms with van der Waals surface area (Å²) in [6.45, 7) is 11.6. The lowest BCUT2D eigenvalue weighted by Gasteiger charge is -2.32. The van der Waals surface area contributed by atoms with E-state index in [1.807, 2.05) is 59.4 Å². The van der Waals surface area contributed by atoms with Crippen LogP contribution in [0.2, 0.25) is 0 Å². The fourth-order valence-electron chi connectivity index (χ4n) is 7.39. The van der Waals surface area contributed by atoms with Crippen molar-refractivity contribution >= 4 is 22.1 Å².